The molecule has 0 saturated carbocycles. The molecule has 0 fully saturated rings. The number of hydrogen-bond acceptors (Lipinski definition) is 4. The van der Waals surface area contributed by atoms with Crippen molar-refractivity contribution in [1.82, 2.24) is 4.98 Å². The van der Waals surface area contributed by atoms with Gasteiger partial charge in [-0.2, -0.15) is 0 Å². The normalized spacial score (nSPS) is 11.9. The highest BCUT2D eigenvalue weighted by molar-refractivity contribution is 7.16. The zero-order chi connectivity index (χ0) is 14.7. The number of anilines is 1. The van der Waals surface area contributed by atoms with Gasteiger partial charge in [-0.25, -0.2) is 4.98 Å². The van der Waals surface area contributed by atoms with Crippen LogP contribution in [-0.2, 0) is 4.79 Å². The van der Waals surface area contributed by atoms with E-state index in [0.717, 1.165) is 16.1 Å². The molecule has 1 aromatic carbocycles. The Balaban J connectivity index is 0.00000220. The van der Waals surface area contributed by atoms with Crippen LogP contribution in [0.4, 0.5) is 5.13 Å². The first kappa shape index (κ1) is 17.6. The summed E-state index contributed by atoms with van der Waals surface area (Å²) >= 11 is 1.51. The van der Waals surface area contributed by atoms with Gasteiger partial charge < -0.3 is 11.1 Å². The van der Waals surface area contributed by atoms with Crippen molar-refractivity contribution in [2.24, 2.45) is 5.73 Å². The molecule has 1 heterocycles. The third-order valence-corrected chi connectivity index (χ3v) is 4.14. The van der Waals surface area contributed by atoms with Gasteiger partial charge in [0.25, 0.3) is 0 Å². The number of nitrogens with zero attached hydrogens (tertiary/aromatic N) is 1. The summed E-state index contributed by atoms with van der Waals surface area (Å²) in [6.07, 6.45) is 0. The number of rotatable bonds is 4. The second kappa shape index (κ2) is 7.54. The van der Waals surface area contributed by atoms with Gasteiger partial charge in [-0.15, -0.1) is 23.7 Å². The number of amides is 1. The van der Waals surface area contributed by atoms with E-state index < -0.39 is 6.04 Å². The zero-order valence-electron chi connectivity index (χ0n) is 12.3. The van der Waals surface area contributed by atoms with Gasteiger partial charge >= 0.3 is 0 Å². The lowest BCUT2D eigenvalue weighted by Gasteiger charge is -2.04. The van der Waals surface area contributed by atoms with Gasteiger partial charge in [0.2, 0.25) is 5.91 Å². The van der Waals surface area contributed by atoms with Crippen LogP contribution in [0.2, 0.25) is 0 Å². The van der Waals surface area contributed by atoms with E-state index in [1.807, 2.05) is 30.3 Å². The van der Waals surface area contributed by atoms with Crippen molar-refractivity contribution >= 4 is 34.8 Å². The standard InChI is InChI=1S/C15H19N3OS.ClH/c1-9(2)13-12(11-7-5-4-6-8-11)17-15(20-13)18-14(19)10(3)16;/h4-10H,16H2,1-3H3,(H,17,18,19);1H/t10-;/m0./s1. The lowest BCUT2D eigenvalue weighted by atomic mass is 10.1. The maximum atomic E-state index is 11.7. The largest absolute Gasteiger partial charge is 0.320 e. The SMILES string of the molecule is CC(C)c1sc(NC(=O)[C@H](C)N)nc1-c1ccccc1.Cl. The van der Waals surface area contributed by atoms with Gasteiger partial charge in [0, 0.05) is 10.4 Å². The second-order valence-corrected chi connectivity index (χ2v) is 6.06. The Kier molecular flexibility index (Phi) is 6.33. The molecule has 0 spiro atoms. The van der Waals surface area contributed by atoms with Crippen molar-refractivity contribution in [3.8, 4) is 11.3 Å². The number of halogens is 1. The molecule has 0 aliphatic heterocycles. The molecule has 3 N–H and O–H groups in total. The number of nitrogens with one attached hydrogen (secondary N) is 1. The van der Waals surface area contributed by atoms with Crippen LogP contribution in [0.1, 0.15) is 31.6 Å². The molecule has 0 saturated heterocycles. The van der Waals surface area contributed by atoms with Gasteiger partial charge in [0.05, 0.1) is 11.7 Å². The van der Waals surface area contributed by atoms with Crippen LogP contribution in [0.15, 0.2) is 30.3 Å². The minimum absolute atomic E-state index is 0. The number of nitrogens with two attached hydrogens (primary N) is 1. The predicted molar refractivity (Wildman–Crippen MR) is 91.2 cm³/mol. The van der Waals surface area contributed by atoms with Crippen LogP contribution in [-0.4, -0.2) is 16.9 Å². The molecule has 4 nitrogen and oxygen atoms in total. The Morgan fingerprint density at radius 2 is 1.86 bits per heavy atom. The lowest BCUT2D eigenvalue weighted by molar-refractivity contribution is -0.117. The van der Waals surface area contributed by atoms with E-state index >= 15 is 0 Å². The van der Waals surface area contributed by atoms with Crippen LogP contribution in [0.25, 0.3) is 11.3 Å². The van der Waals surface area contributed by atoms with E-state index in [4.69, 9.17) is 5.73 Å². The van der Waals surface area contributed by atoms with Crippen LogP contribution >= 0.6 is 23.7 Å². The van der Waals surface area contributed by atoms with E-state index in [2.05, 4.69) is 24.1 Å². The molecular weight excluding hydrogens is 306 g/mol. The third kappa shape index (κ3) is 4.27. The number of thiazole rings is 1. The molecule has 0 aliphatic rings. The molecule has 2 aromatic rings. The number of hydrogen-bond donors (Lipinski definition) is 2. The Morgan fingerprint density at radius 1 is 1.24 bits per heavy atom. The Morgan fingerprint density at radius 3 is 2.38 bits per heavy atom. The maximum absolute atomic E-state index is 11.7. The van der Waals surface area contributed by atoms with Crippen LogP contribution in [0.5, 0.6) is 0 Å². The topological polar surface area (TPSA) is 68.0 Å². The molecule has 2 rings (SSSR count). The zero-order valence-corrected chi connectivity index (χ0v) is 13.9. The number of carbonyl (C=O) groups is 1. The van der Waals surface area contributed by atoms with E-state index in [-0.39, 0.29) is 18.3 Å². The highest BCUT2D eigenvalue weighted by atomic mass is 35.5. The minimum atomic E-state index is -0.540. The molecule has 0 radical (unpaired) electrons. The van der Waals surface area contributed by atoms with Crippen molar-refractivity contribution in [3.63, 3.8) is 0 Å². The van der Waals surface area contributed by atoms with Crippen molar-refractivity contribution < 1.29 is 4.79 Å². The molecule has 114 valence electrons. The van der Waals surface area contributed by atoms with Crippen molar-refractivity contribution in [2.45, 2.75) is 32.7 Å². The molecule has 6 heteroatoms. The fourth-order valence-electron chi connectivity index (χ4n) is 1.80. The second-order valence-electron chi connectivity index (χ2n) is 5.03. The molecule has 1 atom stereocenters. The Labute approximate surface area is 135 Å². The fraction of sp³-hybridized carbons (Fsp3) is 0.333. The predicted octanol–water partition coefficient (Wildman–Crippen LogP) is 3.64. The first-order valence-electron chi connectivity index (χ1n) is 6.61. The van der Waals surface area contributed by atoms with Crippen LogP contribution < -0.4 is 11.1 Å². The fourth-order valence-corrected chi connectivity index (χ4v) is 2.79. The summed E-state index contributed by atoms with van der Waals surface area (Å²) in [7, 11) is 0. The van der Waals surface area contributed by atoms with Gasteiger partial charge in [-0.3, -0.25) is 4.79 Å². The average molecular weight is 326 g/mol. The molecular formula is C15H20ClN3OS. The monoisotopic (exact) mass is 325 g/mol. The summed E-state index contributed by atoms with van der Waals surface area (Å²) in [5.74, 6) is 0.136. The maximum Gasteiger partial charge on any atom is 0.242 e. The average Bonchev–Trinajstić information content (AvgIpc) is 2.83. The first-order chi connectivity index (χ1) is 9.49. The van der Waals surface area contributed by atoms with E-state index in [0.29, 0.717) is 11.0 Å². The van der Waals surface area contributed by atoms with Crippen LogP contribution in [0.3, 0.4) is 0 Å². The summed E-state index contributed by atoms with van der Waals surface area (Å²) in [4.78, 5) is 17.4. The minimum Gasteiger partial charge on any atom is -0.320 e. The Hall–Kier alpha value is -1.43. The van der Waals surface area contributed by atoms with Gasteiger partial charge in [-0.1, -0.05) is 44.2 Å². The number of benzene rings is 1. The van der Waals surface area contributed by atoms with E-state index in [9.17, 15) is 4.79 Å². The van der Waals surface area contributed by atoms with Gasteiger partial charge in [0.15, 0.2) is 5.13 Å². The Bertz CT molecular complexity index is 596. The van der Waals surface area contributed by atoms with Crippen molar-refractivity contribution in [1.29, 1.82) is 0 Å². The van der Waals surface area contributed by atoms with Gasteiger partial charge in [-0.05, 0) is 12.8 Å². The molecule has 0 aliphatic carbocycles. The quantitative estimate of drug-likeness (QED) is 0.901. The number of aromatic nitrogens is 1. The summed E-state index contributed by atoms with van der Waals surface area (Å²) < 4.78 is 0. The van der Waals surface area contributed by atoms with Gasteiger partial charge in [0.1, 0.15) is 0 Å². The highest BCUT2D eigenvalue weighted by Crippen LogP contribution is 2.36. The number of carbonyl (C=O) groups excluding carboxylic acids is 1. The van der Waals surface area contributed by atoms with Crippen molar-refractivity contribution in [2.75, 3.05) is 5.32 Å². The summed E-state index contributed by atoms with van der Waals surface area (Å²) in [5, 5.41) is 3.38. The van der Waals surface area contributed by atoms with E-state index in [1.54, 1.807) is 6.92 Å². The summed E-state index contributed by atoms with van der Waals surface area (Å²) in [5.41, 5.74) is 7.56. The molecule has 1 amide bonds. The highest BCUT2D eigenvalue weighted by Gasteiger charge is 2.17. The molecule has 0 unspecified atom stereocenters. The molecule has 0 bridgehead atoms. The summed E-state index contributed by atoms with van der Waals surface area (Å²) in [6, 6.07) is 9.46. The molecule has 21 heavy (non-hydrogen) atoms. The molecule has 1 aromatic heterocycles. The summed E-state index contributed by atoms with van der Waals surface area (Å²) in [6.45, 7) is 5.90. The third-order valence-electron chi connectivity index (χ3n) is 2.87. The smallest absolute Gasteiger partial charge is 0.242 e. The lowest BCUT2D eigenvalue weighted by Crippen LogP contribution is -2.32. The van der Waals surface area contributed by atoms with Crippen molar-refractivity contribution in [3.05, 3.63) is 35.2 Å². The van der Waals surface area contributed by atoms with Crippen LogP contribution in [0, 0.1) is 0 Å². The van der Waals surface area contributed by atoms with E-state index in [1.165, 1.54) is 11.3 Å². The first-order valence-corrected chi connectivity index (χ1v) is 7.43.